The molecule has 0 radical (unpaired) electrons. The number of likely N-dealkylation sites (tertiary alicyclic amines) is 1. The molecule has 1 aliphatic heterocycles. The number of fused-ring (bicyclic) bond motifs is 1. The summed E-state index contributed by atoms with van der Waals surface area (Å²) in [5.41, 5.74) is 1.88. The Hall–Kier alpha value is -2.34. The lowest BCUT2D eigenvalue weighted by atomic mass is 10.1. The standard InChI is InChI=1S/C19H20N4OS/c1-13-21-22-19(25-13)14-5-6-15-12-20-17(10-16(15)9-14)11-18(24)23-7-3-2-4-8-23/h5-6,9-10,12H,2-4,7-8,11H2,1H3. The molecule has 0 N–H and O–H groups in total. The van der Waals surface area contributed by atoms with E-state index in [4.69, 9.17) is 0 Å². The van der Waals surface area contributed by atoms with Crippen molar-refractivity contribution in [2.75, 3.05) is 13.1 Å². The second-order valence-corrected chi connectivity index (χ2v) is 7.66. The number of aryl methyl sites for hydroxylation is 1. The number of pyridine rings is 1. The highest BCUT2D eigenvalue weighted by Gasteiger charge is 2.17. The first kappa shape index (κ1) is 16.1. The van der Waals surface area contributed by atoms with E-state index < -0.39 is 0 Å². The minimum absolute atomic E-state index is 0.183. The SMILES string of the molecule is Cc1nnc(-c2ccc3cnc(CC(=O)N4CCCCC4)cc3c2)s1. The number of hydrogen-bond acceptors (Lipinski definition) is 5. The fraction of sp³-hybridized carbons (Fsp3) is 0.368. The maximum atomic E-state index is 12.5. The molecule has 1 aliphatic rings. The first-order valence-electron chi connectivity index (χ1n) is 8.66. The minimum Gasteiger partial charge on any atom is -0.342 e. The molecule has 3 heterocycles. The molecule has 5 nitrogen and oxygen atoms in total. The molecule has 128 valence electrons. The fourth-order valence-electron chi connectivity index (χ4n) is 3.24. The highest BCUT2D eigenvalue weighted by atomic mass is 32.1. The van der Waals surface area contributed by atoms with Crippen molar-refractivity contribution < 1.29 is 4.79 Å². The molecule has 0 aliphatic carbocycles. The van der Waals surface area contributed by atoms with Crippen molar-refractivity contribution in [2.45, 2.75) is 32.6 Å². The van der Waals surface area contributed by atoms with Crippen molar-refractivity contribution in [1.29, 1.82) is 0 Å². The van der Waals surface area contributed by atoms with Gasteiger partial charge in [-0.1, -0.05) is 23.5 Å². The van der Waals surface area contributed by atoms with Crippen LogP contribution in [0.2, 0.25) is 0 Å². The van der Waals surface area contributed by atoms with Crippen molar-refractivity contribution >= 4 is 28.0 Å². The Morgan fingerprint density at radius 1 is 1.12 bits per heavy atom. The van der Waals surface area contributed by atoms with Crippen molar-refractivity contribution in [3.63, 3.8) is 0 Å². The molecule has 0 bridgehead atoms. The molecule has 1 saturated heterocycles. The van der Waals surface area contributed by atoms with E-state index in [2.05, 4.69) is 21.2 Å². The zero-order valence-electron chi connectivity index (χ0n) is 14.2. The number of aromatic nitrogens is 3. The Bertz CT molecular complexity index is 915. The molecule has 6 heteroatoms. The number of amides is 1. The van der Waals surface area contributed by atoms with Crippen molar-refractivity contribution in [3.8, 4) is 10.6 Å². The number of hydrogen-bond donors (Lipinski definition) is 0. The fourth-order valence-corrected chi connectivity index (χ4v) is 3.93. The van der Waals surface area contributed by atoms with E-state index in [1.54, 1.807) is 11.3 Å². The van der Waals surface area contributed by atoms with E-state index in [9.17, 15) is 4.79 Å². The highest BCUT2D eigenvalue weighted by Crippen LogP contribution is 2.27. The van der Waals surface area contributed by atoms with Crippen LogP contribution in [0.3, 0.4) is 0 Å². The van der Waals surface area contributed by atoms with E-state index in [1.807, 2.05) is 36.2 Å². The molecule has 3 aromatic rings. The van der Waals surface area contributed by atoms with Crippen LogP contribution in [0.25, 0.3) is 21.3 Å². The number of rotatable bonds is 3. The third-order valence-corrected chi connectivity index (χ3v) is 5.48. The van der Waals surface area contributed by atoms with E-state index in [0.717, 1.165) is 58.0 Å². The molecule has 2 aromatic heterocycles. The number of carbonyl (C=O) groups excluding carboxylic acids is 1. The number of benzene rings is 1. The summed E-state index contributed by atoms with van der Waals surface area (Å²) in [6, 6.07) is 8.22. The molecule has 0 atom stereocenters. The Morgan fingerprint density at radius 3 is 2.72 bits per heavy atom. The van der Waals surface area contributed by atoms with Gasteiger partial charge in [-0.2, -0.15) is 0 Å². The average Bonchev–Trinajstić information content (AvgIpc) is 3.08. The first-order valence-corrected chi connectivity index (χ1v) is 9.48. The zero-order chi connectivity index (χ0) is 17.2. The van der Waals surface area contributed by atoms with Crippen LogP contribution >= 0.6 is 11.3 Å². The molecule has 0 unspecified atom stereocenters. The van der Waals surface area contributed by atoms with Crippen LogP contribution in [0.15, 0.2) is 30.5 Å². The maximum Gasteiger partial charge on any atom is 0.228 e. The number of carbonyl (C=O) groups is 1. The first-order chi connectivity index (χ1) is 12.2. The van der Waals surface area contributed by atoms with Crippen molar-refractivity contribution in [3.05, 3.63) is 41.2 Å². The predicted molar refractivity (Wildman–Crippen MR) is 99.5 cm³/mol. The topological polar surface area (TPSA) is 59.0 Å². The van der Waals surface area contributed by atoms with Crippen LogP contribution in [0.4, 0.5) is 0 Å². The lowest BCUT2D eigenvalue weighted by Gasteiger charge is -2.26. The highest BCUT2D eigenvalue weighted by molar-refractivity contribution is 7.14. The molecule has 0 saturated carbocycles. The van der Waals surface area contributed by atoms with E-state index in [1.165, 1.54) is 6.42 Å². The molecule has 1 aromatic carbocycles. The molecular weight excluding hydrogens is 332 g/mol. The molecule has 0 spiro atoms. The van der Waals surface area contributed by atoms with Gasteiger partial charge in [0.25, 0.3) is 0 Å². The summed E-state index contributed by atoms with van der Waals surface area (Å²) in [6.45, 7) is 3.72. The Labute approximate surface area is 150 Å². The van der Waals surface area contributed by atoms with E-state index >= 15 is 0 Å². The third kappa shape index (κ3) is 3.54. The Morgan fingerprint density at radius 2 is 1.96 bits per heavy atom. The van der Waals surface area contributed by atoms with Crippen LogP contribution in [0.5, 0.6) is 0 Å². The lowest BCUT2D eigenvalue weighted by Crippen LogP contribution is -2.36. The van der Waals surface area contributed by atoms with Gasteiger partial charge in [-0.25, -0.2) is 0 Å². The summed E-state index contributed by atoms with van der Waals surface area (Å²) in [5.74, 6) is 0.183. The maximum absolute atomic E-state index is 12.5. The van der Waals surface area contributed by atoms with Crippen molar-refractivity contribution in [2.24, 2.45) is 0 Å². The normalized spacial score (nSPS) is 14.8. The Balaban J connectivity index is 1.59. The van der Waals surface area contributed by atoms with Gasteiger partial charge in [0.2, 0.25) is 5.91 Å². The van der Waals surface area contributed by atoms with Crippen molar-refractivity contribution in [1.82, 2.24) is 20.1 Å². The summed E-state index contributed by atoms with van der Waals surface area (Å²) in [7, 11) is 0. The molecular formula is C19H20N4OS. The minimum atomic E-state index is 0.183. The zero-order valence-corrected chi connectivity index (χ0v) is 15.1. The van der Waals surface area contributed by atoms with Gasteiger partial charge in [0.05, 0.1) is 12.1 Å². The van der Waals surface area contributed by atoms with Crippen LogP contribution in [0, 0.1) is 6.92 Å². The summed E-state index contributed by atoms with van der Waals surface area (Å²) >= 11 is 1.58. The largest absolute Gasteiger partial charge is 0.342 e. The van der Waals surface area contributed by atoms with Gasteiger partial charge in [0.1, 0.15) is 10.0 Å². The molecule has 1 amide bonds. The molecule has 1 fully saturated rings. The molecule has 4 rings (SSSR count). The molecule has 25 heavy (non-hydrogen) atoms. The van der Waals surface area contributed by atoms with Crippen LogP contribution < -0.4 is 0 Å². The quantitative estimate of drug-likeness (QED) is 0.722. The lowest BCUT2D eigenvalue weighted by molar-refractivity contribution is -0.131. The van der Waals surface area contributed by atoms with E-state index in [-0.39, 0.29) is 5.91 Å². The predicted octanol–water partition coefficient (Wildman–Crippen LogP) is 3.62. The van der Waals surface area contributed by atoms with Gasteiger partial charge in [-0.05, 0) is 43.7 Å². The summed E-state index contributed by atoms with van der Waals surface area (Å²) in [6.07, 6.45) is 5.68. The third-order valence-electron chi connectivity index (χ3n) is 4.59. The van der Waals surface area contributed by atoms with Gasteiger partial charge < -0.3 is 4.90 Å². The van der Waals surface area contributed by atoms with Crippen LogP contribution in [0.1, 0.15) is 30.0 Å². The summed E-state index contributed by atoms with van der Waals surface area (Å²) in [4.78, 5) is 18.9. The second kappa shape index (κ2) is 6.88. The Kier molecular flexibility index (Phi) is 4.44. The monoisotopic (exact) mass is 352 g/mol. The summed E-state index contributed by atoms with van der Waals surface area (Å²) in [5, 5.41) is 12.3. The second-order valence-electron chi connectivity index (χ2n) is 6.48. The smallest absolute Gasteiger partial charge is 0.228 e. The van der Waals surface area contributed by atoms with Gasteiger partial charge >= 0.3 is 0 Å². The average molecular weight is 352 g/mol. The van der Waals surface area contributed by atoms with Gasteiger partial charge in [-0.15, -0.1) is 10.2 Å². The van der Waals surface area contributed by atoms with Gasteiger partial charge in [0, 0.05) is 30.2 Å². The van der Waals surface area contributed by atoms with Crippen LogP contribution in [-0.2, 0) is 11.2 Å². The number of piperidine rings is 1. The van der Waals surface area contributed by atoms with Gasteiger partial charge in [-0.3, -0.25) is 9.78 Å². The van der Waals surface area contributed by atoms with E-state index in [0.29, 0.717) is 6.42 Å². The van der Waals surface area contributed by atoms with Crippen LogP contribution in [-0.4, -0.2) is 39.1 Å². The summed E-state index contributed by atoms with van der Waals surface area (Å²) < 4.78 is 0. The number of nitrogens with zero attached hydrogens (tertiary/aromatic N) is 4. The van der Waals surface area contributed by atoms with Gasteiger partial charge in [0.15, 0.2) is 0 Å².